The summed E-state index contributed by atoms with van der Waals surface area (Å²) < 4.78 is 10.5. The van der Waals surface area contributed by atoms with Crippen molar-refractivity contribution in [1.82, 2.24) is 4.98 Å². The standard InChI is InChI=1S/C22H18N2O3S/c1-26-15-7-3-5-13(11-15)18-10-9-17-19(23)21(28-22(17)24-18)20(25)14-6-4-8-16(12-14)27-2/h3-12H,23H2,1-2H3. The molecule has 0 fully saturated rings. The maximum absolute atomic E-state index is 13.0. The van der Waals surface area contributed by atoms with Crippen molar-refractivity contribution in [2.45, 2.75) is 0 Å². The summed E-state index contributed by atoms with van der Waals surface area (Å²) in [5.41, 5.74) is 9.01. The van der Waals surface area contributed by atoms with Crippen LogP contribution >= 0.6 is 11.3 Å². The Morgan fingerprint density at radius 2 is 1.68 bits per heavy atom. The lowest BCUT2D eigenvalue weighted by Crippen LogP contribution is -2.02. The highest BCUT2D eigenvalue weighted by Gasteiger charge is 2.19. The molecule has 2 heterocycles. The van der Waals surface area contributed by atoms with Gasteiger partial charge in [0.05, 0.1) is 25.6 Å². The average Bonchev–Trinajstić information content (AvgIpc) is 3.09. The first-order valence-electron chi connectivity index (χ1n) is 8.63. The fourth-order valence-corrected chi connectivity index (χ4v) is 4.06. The van der Waals surface area contributed by atoms with Gasteiger partial charge in [0.15, 0.2) is 0 Å². The third-order valence-electron chi connectivity index (χ3n) is 4.50. The van der Waals surface area contributed by atoms with Crippen molar-refractivity contribution in [3.05, 3.63) is 71.1 Å². The first kappa shape index (κ1) is 18.0. The van der Waals surface area contributed by atoms with E-state index in [0.717, 1.165) is 27.2 Å². The molecule has 0 unspecified atom stereocenters. The molecule has 5 nitrogen and oxygen atoms in total. The van der Waals surface area contributed by atoms with E-state index in [1.54, 1.807) is 38.5 Å². The van der Waals surface area contributed by atoms with Gasteiger partial charge >= 0.3 is 0 Å². The van der Waals surface area contributed by atoms with Crippen molar-refractivity contribution in [3.8, 4) is 22.8 Å². The maximum atomic E-state index is 13.0. The van der Waals surface area contributed by atoms with E-state index in [0.29, 0.717) is 21.9 Å². The molecule has 0 aliphatic rings. The molecule has 0 atom stereocenters. The number of carbonyl (C=O) groups is 1. The first-order valence-corrected chi connectivity index (χ1v) is 9.44. The molecule has 28 heavy (non-hydrogen) atoms. The summed E-state index contributed by atoms with van der Waals surface area (Å²) in [4.78, 5) is 18.9. The molecule has 140 valence electrons. The molecule has 2 aromatic heterocycles. The second-order valence-electron chi connectivity index (χ2n) is 6.19. The van der Waals surface area contributed by atoms with Crippen LogP contribution in [0.2, 0.25) is 0 Å². The van der Waals surface area contributed by atoms with E-state index in [4.69, 9.17) is 20.2 Å². The van der Waals surface area contributed by atoms with E-state index in [-0.39, 0.29) is 5.78 Å². The lowest BCUT2D eigenvalue weighted by Gasteiger charge is -2.04. The normalized spacial score (nSPS) is 10.8. The number of nitrogens with zero attached hydrogens (tertiary/aromatic N) is 1. The average molecular weight is 390 g/mol. The van der Waals surface area contributed by atoms with Gasteiger partial charge in [0.2, 0.25) is 5.78 Å². The number of ether oxygens (including phenoxy) is 2. The van der Waals surface area contributed by atoms with Crippen LogP contribution in [0.5, 0.6) is 11.5 Å². The van der Waals surface area contributed by atoms with E-state index >= 15 is 0 Å². The van der Waals surface area contributed by atoms with Crippen LogP contribution in [0.25, 0.3) is 21.5 Å². The molecule has 0 aliphatic heterocycles. The number of hydrogen-bond donors (Lipinski definition) is 1. The zero-order chi connectivity index (χ0) is 19.7. The molecule has 0 radical (unpaired) electrons. The van der Waals surface area contributed by atoms with Crippen molar-refractivity contribution in [2.24, 2.45) is 0 Å². The molecule has 2 N–H and O–H groups in total. The van der Waals surface area contributed by atoms with Gasteiger partial charge in [-0.15, -0.1) is 11.3 Å². The van der Waals surface area contributed by atoms with Crippen LogP contribution in [0.15, 0.2) is 60.7 Å². The van der Waals surface area contributed by atoms with Gasteiger partial charge in [-0.25, -0.2) is 4.98 Å². The molecule has 0 amide bonds. The van der Waals surface area contributed by atoms with Gasteiger partial charge in [0.25, 0.3) is 0 Å². The van der Waals surface area contributed by atoms with E-state index in [1.165, 1.54) is 11.3 Å². The predicted molar refractivity (Wildman–Crippen MR) is 112 cm³/mol. The molecule has 4 aromatic rings. The Kier molecular flexibility index (Phi) is 4.71. The SMILES string of the molecule is COc1cccc(C(=O)c2sc3nc(-c4cccc(OC)c4)ccc3c2N)c1. The Morgan fingerprint density at radius 1 is 0.964 bits per heavy atom. The minimum Gasteiger partial charge on any atom is -0.497 e. The van der Waals surface area contributed by atoms with Crippen molar-refractivity contribution >= 4 is 33.0 Å². The Hall–Kier alpha value is -3.38. The zero-order valence-electron chi connectivity index (χ0n) is 15.4. The summed E-state index contributed by atoms with van der Waals surface area (Å²) in [7, 11) is 3.20. The van der Waals surface area contributed by atoms with Gasteiger partial charge in [0.1, 0.15) is 21.2 Å². The number of ketones is 1. The Labute approximate surface area is 166 Å². The van der Waals surface area contributed by atoms with E-state index in [2.05, 4.69) is 0 Å². The minimum atomic E-state index is -0.137. The summed E-state index contributed by atoms with van der Waals surface area (Å²) >= 11 is 1.30. The molecule has 0 aliphatic carbocycles. The van der Waals surface area contributed by atoms with Crippen LogP contribution in [0, 0.1) is 0 Å². The third kappa shape index (κ3) is 3.18. The van der Waals surface area contributed by atoms with Crippen LogP contribution in [-0.2, 0) is 0 Å². The van der Waals surface area contributed by atoms with Gasteiger partial charge in [-0.2, -0.15) is 0 Å². The number of pyridine rings is 1. The lowest BCUT2D eigenvalue weighted by atomic mass is 10.1. The summed E-state index contributed by atoms with van der Waals surface area (Å²) in [6.45, 7) is 0. The number of hydrogen-bond acceptors (Lipinski definition) is 6. The third-order valence-corrected chi connectivity index (χ3v) is 5.61. The lowest BCUT2D eigenvalue weighted by molar-refractivity contribution is 0.104. The van der Waals surface area contributed by atoms with Crippen molar-refractivity contribution in [1.29, 1.82) is 0 Å². The topological polar surface area (TPSA) is 74.4 Å². The second-order valence-corrected chi connectivity index (χ2v) is 7.19. The highest BCUT2D eigenvalue weighted by Crippen LogP contribution is 2.36. The fraction of sp³-hybridized carbons (Fsp3) is 0.0909. The molecule has 0 bridgehead atoms. The van der Waals surface area contributed by atoms with E-state index in [9.17, 15) is 4.79 Å². The second kappa shape index (κ2) is 7.32. The molecule has 4 rings (SSSR count). The Bertz CT molecular complexity index is 1180. The molecular formula is C22H18N2O3S. The molecule has 0 spiro atoms. The number of rotatable bonds is 5. The monoisotopic (exact) mass is 390 g/mol. The first-order chi connectivity index (χ1) is 13.6. The highest BCUT2D eigenvalue weighted by atomic mass is 32.1. The maximum Gasteiger partial charge on any atom is 0.205 e. The number of nitrogens with two attached hydrogens (primary N) is 1. The van der Waals surface area contributed by atoms with E-state index < -0.39 is 0 Å². The summed E-state index contributed by atoms with van der Waals surface area (Å²) in [6, 6.07) is 18.6. The number of carbonyl (C=O) groups excluding carboxylic acids is 1. The number of fused-ring (bicyclic) bond motifs is 1. The highest BCUT2D eigenvalue weighted by molar-refractivity contribution is 7.21. The number of thiophene rings is 1. The van der Waals surface area contributed by atoms with Crippen LogP contribution in [0.4, 0.5) is 5.69 Å². The van der Waals surface area contributed by atoms with Gasteiger partial charge in [0, 0.05) is 16.5 Å². The van der Waals surface area contributed by atoms with Gasteiger partial charge in [-0.1, -0.05) is 24.3 Å². The van der Waals surface area contributed by atoms with E-state index in [1.807, 2.05) is 36.4 Å². The number of aromatic nitrogens is 1. The van der Waals surface area contributed by atoms with Crippen molar-refractivity contribution in [2.75, 3.05) is 20.0 Å². The van der Waals surface area contributed by atoms with Crippen LogP contribution in [0.3, 0.4) is 0 Å². The smallest absolute Gasteiger partial charge is 0.205 e. The molecule has 0 saturated carbocycles. The van der Waals surface area contributed by atoms with Gasteiger partial charge in [-0.05, 0) is 36.4 Å². The minimum absolute atomic E-state index is 0.137. The largest absolute Gasteiger partial charge is 0.497 e. The number of nitrogen functional groups attached to an aromatic ring is 1. The summed E-state index contributed by atoms with van der Waals surface area (Å²) in [5, 5.41) is 0.780. The molecule has 0 saturated heterocycles. The van der Waals surface area contributed by atoms with Crippen LogP contribution in [0.1, 0.15) is 15.2 Å². The Morgan fingerprint density at radius 3 is 2.43 bits per heavy atom. The number of anilines is 1. The summed E-state index contributed by atoms with van der Waals surface area (Å²) in [6.07, 6.45) is 0. The molecule has 6 heteroatoms. The fourth-order valence-electron chi connectivity index (χ4n) is 3.00. The van der Waals surface area contributed by atoms with Crippen molar-refractivity contribution < 1.29 is 14.3 Å². The molecular weight excluding hydrogens is 372 g/mol. The zero-order valence-corrected chi connectivity index (χ0v) is 16.2. The Balaban J connectivity index is 1.76. The number of methoxy groups -OCH3 is 2. The van der Waals surface area contributed by atoms with Gasteiger partial charge in [-0.3, -0.25) is 4.79 Å². The van der Waals surface area contributed by atoms with Crippen LogP contribution in [-0.4, -0.2) is 25.0 Å². The van der Waals surface area contributed by atoms with Crippen molar-refractivity contribution in [3.63, 3.8) is 0 Å². The predicted octanol–water partition coefficient (Wildman–Crippen LogP) is 4.79. The van der Waals surface area contributed by atoms with Gasteiger partial charge < -0.3 is 15.2 Å². The quantitative estimate of drug-likeness (QED) is 0.496. The molecule has 2 aromatic carbocycles. The van der Waals surface area contributed by atoms with Crippen LogP contribution < -0.4 is 15.2 Å². The summed E-state index contributed by atoms with van der Waals surface area (Å²) in [5.74, 6) is 1.25. The number of benzene rings is 2.